The average Bonchev–Trinajstić information content (AvgIpc) is 3.24. The fraction of sp³-hybridized carbons (Fsp3) is 0.160. The molecule has 0 aliphatic rings. The molecule has 0 saturated carbocycles. The minimum absolute atomic E-state index is 0.151. The van der Waals surface area contributed by atoms with E-state index in [4.69, 9.17) is 5.11 Å². The second-order valence-corrected chi connectivity index (χ2v) is 7.88. The third-order valence-electron chi connectivity index (χ3n) is 5.55. The molecule has 0 spiro atoms. The molecular formula is C25H20F3N3O3. The van der Waals surface area contributed by atoms with Gasteiger partial charge in [-0.05, 0) is 60.4 Å². The van der Waals surface area contributed by atoms with E-state index in [9.17, 15) is 22.8 Å². The van der Waals surface area contributed by atoms with Crippen LogP contribution in [0.15, 0.2) is 73.1 Å². The lowest BCUT2D eigenvalue weighted by atomic mass is 10.0. The van der Waals surface area contributed by atoms with Gasteiger partial charge in [0.1, 0.15) is 0 Å². The van der Waals surface area contributed by atoms with Crippen LogP contribution in [0.2, 0.25) is 0 Å². The second kappa shape index (κ2) is 9.01. The molecule has 2 heterocycles. The summed E-state index contributed by atoms with van der Waals surface area (Å²) in [4.78, 5) is 24.1. The van der Waals surface area contributed by atoms with Crippen LogP contribution >= 0.6 is 0 Å². The van der Waals surface area contributed by atoms with Gasteiger partial charge in [-0.15, -0.1) is 0 Å². The monoisotopic (exact) mass is 467 g/mol. The van der Waals surface area contributed by atoms with Crippen LogP contribution in [-0.4, -0.2) is 26.6 Å². The molecule has 0 aliphatic carbocycles. The first-order chi connectivity index (χ1) is 16.1. The molecule has 2 aromatic carbocycles. The van der Waals surface area contributed by atoms with Gasteiger partial charge in [0.05, 0.1) is 34.4 Å². The molecule has 4 rings (SSSR count). The van der Waals surface area contributed by atoms with Crippen LogP contribution in [0, 0.1) is 0 Å². The Labute approximate surface area is 192 Å². The normalized spacial score (nSPS) is 12.5. The number of alkyl halides is 3. The van der Waals surface area contributed by atoms with Gasteiger partial charge in [-0.3, -0.25) is 4.79 Å². The predicted octanol–water partition coefficient (Wildman–Crippen LogP) is 5.13. The van der Waals surface area contributed by atoms with E-state index in [1.807, 2.05) is 0 Å². The fourth-order valence-electron chi connectivity index (χ4n) is 3.73. The number of aromatic nitrogens is 2. The van der Waals surface area contributed by atoms with E-state index in [2.05, 4.69) is 10.4 Å². The molecule has 4 aromatic rings. The van der Waals surface area contributed by atoms with Gasteiger partial charge in [0.15, 0.2) is 0 Å². The highest BCUT2D eigenvalue weighted by Gasteiger charge is 2.30. The molecule has 0 saturated heterocycles. The average molecular weight is 467 g/mol. The second-order valence-electron chi connectivity index (χ2n) is 7.88. The molecule has 6 nitrogen and oxygen atoms in total. The summed E-state index contributed by atoms with van der Waals surface area (Å²) in [7, 11) is 0. The Hall–Kier alpha value is -4.14. The zero-order valence-electron chi connectivity index (χ0n) is 18.0. The number of aromatic carboxylic acids is 1. The van der Waals surface area contributed by atoms with Gasteiger partial charge in [0.2, 0.25) is 0 Å². The Morgan fingerprint density at radius 2 is 1.74 bits per heavy atom. The summed E-state index contributed by atoms with van der Waals surface area (Å²) in [5.41, 5.74) is 2.47. The van der Waals surface area contributed by atoms with Crippen molar-refractivity contribution in [3.8, 4) is 0 Å². The molecule has 34 heavy (non-hydrogen) atoms. The van der Waals surface area contributed by atoms with Crippen LogP contribution < -0.4 is 5.32 Å². The number of amides is 1. The zero-order valence-corrected chi connectivity index (χ0v) is 18.0. The number of pyridine rings is 1. The number of carbonyl (C=O) groups is 2. The highest BCUT2D eigenvalue weighted by molar-refractivity contribution is 6.01. The van der Waals surface area contributed by atoms with E-state index in [1.165, 1.54) is 30.5 Å². The number of halogens is 3. The molecule has 2 N–H and O–H groups in total. The van der Waals surface area contributed by atoms with Gasteiger partial charge >= 0.3 is 12.1 Å². The van der Waals surface area contributed by atoms with Crippen LogP contribution in [0.25, 0.3) is 5.52 Å². The SMILES string of the molecule is C[C@@H](NC(=O)c1cnn2cccc(Cc3ccc(C(F)(F)F)cc3)c12)c1ccc(C(=O)O)cc1. The number of hydrogen-bond acceptors (Lipinski definition) is 3. The van der Waals surface area contributed by atoms with E-state index in [0.717, 1.165) is 23.3 Å². The van der Waals surface area contributed by atoms with Gasteiger partial charge in [-0.1, -0.05) is 30.3 Å². The molecule has 1 atom stereocenters. The van der Waals surface area contributed by atoms with Crippen LogP contribution in [0.5, 0.6) is 0 Å². The molecular weight excluding hydrogens is 447 g/mol. The minimum Gasteiger partial charge on any atom is -0.478 e. The van der Waals surface area contributed by atoms with Crippen molar-refractivity contribution in [1.82, 2.24) is 14.9 Å². The number of rotatable bonds is 6. The topological polar surface area (TPSA) is 83.7 Å². The van der Waals surface area contributed by atoms with E-state index in [-0.39, 0.29) is 11.5 Å². The Balaban J connectivity index is 1.57. The van der Waals surface area contributed by atoms with Crippen LogP contribution in [0.1, 0.15) is 55.9 Å². The predicted molar refractivity (Wildman–Crippen MR) is 119 cm³/mol. The molecule has 174 valence electrons. The third kappa shape index (κ3) is 4.78. The lowest BCUT2D eigenvalue weighted by molar-refractivity contribution is -0.137. The molecule has 0 radical (unpaired) electrons. The van der Waals surface area contributed by atoms with Gasteiger partial charge < -0.3 is 10.4 Å². The number of fused-ring (bicyclic) bond motifs is 1. The number of nitrogens with one attached hydrogen (secondary N) is 1. The summed E-state index contributed by atoms with van der Waals surface area (Å²) in [6, 6.07) is 14.3. The van der Waals surface area contributed by atoms with E-state index < -0.39 is 23.8 Å². The maximum Gasteiger partial charge on any atom is 0.416 e. The van der Waals surface area contributed by atoms with Crippen molar-refractivity contribution in [3.63, 3.8) is 0 Å². The van der Waals surface area contributed by atoms with Gasteiger partial charge in [-0.25, -0.2) is 9.31 Å². The van der Waals surface area contributed by atoms with Crippen molar-refractivity contribution < 1.29 is 27.9 Å². The van der Waals surface area contributed by atoms with Crippen LogP contribution in [0.3, 0.4) is 0 Å². The molecule has 0 fully saturated rings. The lowest BCUT2D eigenvalue weighted by Gasteiger charge is -2.15. The Kier molecular flexibility index (Phi) is 6.10. The Morgan fingerprint density at radius 3 is 2.35 bits per heavy atom. The number of carboxylic acid groups (broad SMARTS) is 1. The van der Waals surface area contributed by atoms with Crippen molar-refractivity contribution in [1.29, 1.82) is 0 Å². The highest BCUT2D eigenvalue weighted by atomic mass is 19.4. The van der Waals surface area contributed by atoms with Gasteiger partial charge in [-0.2, -0.15) is 18.3 Å². The first-order valence-electron chi connectivity index (χ1n) is 10.4. The number of carboxylic acids is 1. The van der Waals surface area contributed by atoms with E-state index in [0.29, 0.717) is 23.1 Å². The number of hydrogen-bond donors (Lipinski definition) is 2. The number of carbonyl (C=O) groups excluding carboxylic acids is 1. The smallest absolute Gasteiger partial charge is 0.416 e. The third-order valence-corrected chi connectivity index (χ3v) is 5.55. The van der Waals surface area contributed by atoms with E-state index in [1.54, 1.807) is 41.9 Å². The first kappa shape index (κ1) is 23.0. The molecule has 2 aromatic heterocycles. The Bertz CT molecular complexity index is 1340. The summed E-state index contributed by atoms with van der Waals surface area (Å²) in [5, 5.41) is 16.2. The quantitative estimate of drug-likeness (QED) is 0.412. The maximum absolute atomic E-state index is 13.1. The molecule has 0 aliphatic heterocycles. The van der Waals surface area contributed by atoms with Crippen molar-refractivity contribution in [2.75, 3.05) is 0 Å². The molecule has 1 amide bonds. The van der Waals surface area contributed by atoms with Crippen molar-refractivity contribution >= 4 is 17.4 Å². The van der Waals surface area contributed by atoms with Gasteiger partial charge in [0, 0.05) is 6.20 Å². The zero-order chi connectivity index (χ0) is 24.5. The molecule has 0 bridgehead atoms. The van der Waals surface area contributed by atoms with Crippen molar-refractivity contribution in [2.45, 2.75) is 25.6 Å². The standard InChI is InChI=1S/C25H20F3N3O3/c1-15(17-6-8-18(9-7-17)24(33)34)30-23(32)21-14-29-31-12-2-3-19(22(21)31)13-16-4-10-20(11-5-16)25(26,27)28/h2-12,14-15H,13H2,1H3,(H,30,32)(H,33,34)/t15-/m1/s1. The van der Waals surface area contributed by atoms with Crippen molar-refractivity contribution in [2.24, 2.45) is 0 Å². The largest absolute Gasteiger partial charge is 0.478 e. The fourth-order valence-corrected chi connectivity index (χ4v) is 3.73. The summed E-state index contributed by atoms with van der Waals surface area (Å²) in [6.07, 6.45) is -0.946. The highest BCUT2D eigenvalue weighted by Crippen LogP contribution is 2.30. The molecule has 9 heteroatoms. The minimum atomic E-state index is -4.40. The maximum atomic E-state index is 13.1. The lowest BCUT2D eigenvalue weighted by Crippen LogP contribution is -2.26. The summed E-state index contributed by atoms with van der Waals surface area (Å²) < 4.78 is 40.1. The Morgan fingerprint density at radius 1 is 1.06 bits per heavy atom. The van der Waals surface area contributed by atoms with Crippen LogP contribution in [0.4, 0.5) is 13.2 Å². The first-order valence-corrected chi connectivity index (χ1v) is 10.4. The summed E-state index contributed by atoms with van der Waals surface area (Å²) >= 11 is 0. The van der Waals surface area contributed by atoms with Gasteiger partial charge in [0.25, 0.3) is 5.91 Å². The summed E-state index contributed by atoms with van der Waals surface area (Å²) in [5.74, 6) is -1.40. The number of nitrogens with zero attached hydrogens (tertiary/aromatic N) is 2. The number of benzene rings is 2. The van der Waals surface area contributed by atoms with E-state index >= 15 is 0 Å². The summed E-state index contributed by atoms with van der Waals surface area (Å²) in [6.45, 7) is 1.78. The molecule has 0 unspecified atom stereocenters. The van der Waals surface area contributed by atoms with Crippen LogP contribution in [-0.2, 0) is 12.6 Å². The van der Waals surface area contributed by atoms with Crippen molar-refractivity contribution in [3.05, 3.63) is 106 Å².